The molecule has 3 aromatic carbocycles. The van der Waals surface area contributed by atoms with Crippen LogP contribution >= 0.6 is 0 Å². The first-order chi connectivity index (χ1) is 17.7. The Morgan fingerprint density at radius 3 is 2.35 bits per heavy atom. The Morgan fingerprint density at radius 1 is 0.973 bits per heavy atom. The van der Waals surface area contributed by atoms with Gasteiger partial charge in [0, 0.05) is 5.39 Å². The number of sulfonamides is 1. The van der Waals surface area contributed by atoms with Gasteiger partial charge >= 0.3 is 5.91 Å². The number of nitrogen functional groups attached to an aromatic ring is 1. The lowest BCUT2D eigenvalue weighted by atomic mass is 10.2. The second kappa shape index (κ2) is 9.33. The molecule has 2 aromatic heterocycles. The molecule has 0 spiro atoms. The fourth-order valence-corrected chi connectivity index (χ4v) is 4.47. The van der Waals surface area contributed by atoms with Gasteiger partial charge in [-0.3, -0.25) is 4.79 Å². The number of primary sulfonamides is 1. The summed E-state index contributed by atoms with van der Waals surface area (Å²) in [5.41, 5.74) is 8.41. The highest BCUT2D eigenvalue weighted by atomic mass is 32.2. The van der Waals surface area contributed by atoms with Crippen molar-refractivity contribution >= 4 is 38.3 Å². The number of rotatable bonds is 6. The lowest BCUT2D eigenvalue weighted by Gasteiger charge is -2.06. The van der Waals surface area contributed by atoms with Gasteiger partial charge < -0.3 is 15.4 Å². The molecule has 0 aliphatic heterocycles. The van der Waals surface area contributed by atoms with Crippen LogP contribution in [0.1, 0.15) is 15.9 Å². The van der Waals surface area contributed by atoms with Crippen LogP contribution in [0.25, 0.3) is 16.6 Å². The van der Waals surface area contributed by atoms with Crippen LogP contribution in [0.3, 0.4) is 0 Å². The Morgan fingerprint density at radius 2 is 1.65 bits per heavy atom. The molecule has 1 amide bonds. The van der Waals surface area contributed by atoms with Gasteiger partial charge in [0.1, 0.15) is 11.4 Å². The summed E-state index contributed by atoms with van der Waals surface area (Å²) in [5, 5.41) is 28.7. The van der Waals surface area contributed by atoms with Gasteiger partial charge in [0.15, 0.2) is 5.69 Å². The summed E-state index contributed by atoms with van der Waals surface area (Å²) in [6.45, 7) is 0.403. The van der Waals surface area contributed by atoms with Crippen molar-refractivity contribution in [2.45, 2.75) is 11.4 Å². The maximum absolute atomic E-state index is 12.8. The zero-order chi connectivity index (χ0) is 26.2. The van der Waals surface area contributed by atoms with Crippen molar-refractivity contribution in [3.05, 3.63) is 96.2 Å². The summed E-state index contributed by atoms with van der Waals surface area (Å²) in [7, 11) is -3.85. The molecule has 0 atom stereocenters. The van der Waals surface area contributed by atoms with Crippen LogP contribution in [0, 0.1) is 0 Å². The number of carbonyl (C=O) groups is 1. The Hall–Kier alpha value is -4.81. The Kier molecular flexibility index (Phi) is 6.03. The van der Waals surface area contributed by atoms with Gasteiger partial charge in [0.05, 0.1) is 28.8 Å². The molecule has 5 N–H and O–H groups in total. The maximum Gasteiger partial charge on any atom is 0.300 e. The van der Waals surface area contributed by atoms with Gasteiger partial charge in [-0.2, -0.15) is 5.10 Å². The number of aromatic nitrogens is 3. The number of nitrogens with zero attached hydrogens (tertiary/aromatic N) is 5. The van der Waals surface area contributed by atoms with Crippen molar-refractivity contribution in [2.24, 2.45) is 15.4 Å². The zero-order valence-electron chi connectivity index (χ0n) is 19.3. The first-order valence-corrected chi connectivity index (χ1v) is 12.6. The van der Waals surface area contributed by atoms with Crippen molar-refractivity contribution in [3.63, 3.8) is 0 Å². The fourth-order valence-electron chi connectivity index (χ4n) is 3.95. The molecule has 0 aliphatic carbocycles. The lowest BCUT2D eigenvalue weighted by Crippen LogP contribution is -2.12. The largest absolute Gasteiger partial charge is 0.493 e. The van der Waals surface area contributed by atoms with E-state index < -0.39 is 15.9 Å². The summed E-state index contributed by atoms with van der Waals surface area (Å²) in [6, 6.07) is 22.4. The number of para-hydroxylation sites is 1. The number of benzene rings is 3. The van der Waals surface area contributed by atoms with Crippen molar-refractivity contribution in [2.75, 3.05) is 5.73 Å². The zero-order valence-corrected chi connectivity index (χ0v) is 20.1. The average Bonchev–Trinajstić information content (AvgIpc) is 3.40. The molecule has 12 heteroatoms. The molecule has 0 saturated heterocycles. The number of anilines is 1. The monoisotopic (exact) mass is 515 g/mol. The van der Waals surface area contributed by atoms with Crippen LogP contribution in [0.15, 0.2) is 100 Å². The summed E-state index contributed by atoms with van der Waals surface area (Å²) >= 11 is 0. The van der Waals surface area contributed by atoms with Crippen LogP contribution in [-0.4, -0.2) is 33.8 Å². The molecule has 11 nitrogen and oxygen atoms in total. The van der Waals surface area contributed by atoms with Gasteiger partial charge in [0.2, 0.25) is 15.9 Å². The average molecular weight is 516 g/mol. The standard InChI is InChI=1S/C25H21N7O4S/c26-23-20(14-28-32(23)17-10-12-18(13-11-17)37(27,35)36)24(33)30-29-22-19-8-4-5-9-21(19)31(25(22)34)15-16-6-2-1-3-7-16/h1-14,34H,15,26H2,(H2,27,35,36). The molecule has 2 heterocycles. The SMILES string of the molecule is Nc1c(C(=O)N=Nc2c(O)n(Cc3ccccc3)c3ccccc23)cnn1-c1ccc(S(N)(=O)=O)cc1. The third kappa shape index (κ3) is 4.58. The highest BCUT2D eigenvalue weighted by Crippen LogP contribution is 2.39. The molecule has 5 rings (SSSR count). The van der Waals surface area contributed by atoms with E-state index in [2.05, 4.69) is 15.3 Å². The van der Waals surface area contributed by atoms with Crippen molar-refractivity contribution < 1.29 is 18.3 Å². The van der Waals surface area contributed by atoms with Crippen LogP contribution in [-0.2, 0) is 16.6 Å². The van der Waals surface area contributed by atoms with Gasteiger partial charge in [-0.1, -0.05) is 48.5 Å². The summed E-state index contributed by atoms with van der Waals surface area (Å²) in [6.07, 6.45) is 1.24. The molecule has 0 saturated carbocycles. The number of amides is 1. The molecule has 37 heavy (non-hydrogen) atoms. The fraction of sp³-hybridized carbons (Fsp3) is 0.0400. The smallest absolute Gasteiger partial charge is 0.300 e. The Balaban J connectivity index is 1.45. The van der Waals surface area contributed by atoms with Crippen LogP contribution < -0.4 is 10.9 Å². The number of aromatic hydroxyl groups is 1. The van der Waals surface area contributed by atoms with Crippen LogP contribution in [0.4, 0.5) is 11.5 Å². The van der Waals surface area contributed by atoms with E-state index in [0.717, 1.165) is 11.1 Å². The van der Waals surface area contributed by atoms with E-state index in [1.54, 1.807) is 16.7 Å². The Labute approximate surface area is 211 Å². The van der Waals surface area contributed by atoms with Crippen molar-refractivity contribution in [3.8, 4) is 11.6 Å². The van der Waals surface area contributed by atoms with Gasteiger partial charge in [-0.25, -0.2) is 18.2 Å². The van der Waals surface area contributed by atoms with E-state index in [1.165, 1.54) is 35.1 Å². The van der Waals surface area contributed by atoms with E-state index in [4.69, 9.17) is 10.9 Å². The molecule has 0 fully saturated rings. The highest BCUT2D eigenvalue weighted by molar-refractivity contribution is 7.89. The minimum absolute atomic E-state index is 0.00761. The van der Waals surface area contributed by atoms with Crippen molar-refractivity contribution in [1.29, 1.82) is 0 Å². The predicted octanol–water partition coefficient (Wildman–Crippen LogP) is 3.73. The normalized spacial score (nSPS) is 11.9. The van der Waals surface area contributed by atoms with Crippen LogP contribution in [0.5, 0.6) is 5.88 Å². The first-order valence-electron chi connectivity index (χ1n) is 11.0. The molecular formula is C25H21N7O4S. The molecule has 0 unspecified atom stereocenters. The molecule has 186 valence electrons. The predicted molar refractivity (Wildman–Crippen MR) is 137 cm³/mol. The number of carbonyl (C=O) groups excluding carboxylic acids is 1. The molecular weight excluding hydrogens is 494 g/mol. The highest BCUT2D eigenvalue weighted by Gasteiger charge is 2.20. The molecule has 5 aromatic rings. The topological polar surface area (TPSA) is 171 Å². The molecule has 0 radical (unpaired) electrons. The van der Waals surface area contributed by atoms with E-state index in [0.29, 0.717) is 17.6 Å². The first kappa shape index (κ1) is 23.9. The lowest BCUT2D eigenvalue weighted by molar-refractivity contribution is 0.0996. The summed E-state index contributed by atoms with van der Waals surface area (Å²) in [4.78, 5) is 12.8. The minimum Gasteiger partial charge on any atom is -0.493 e. The van der Waals surface area contributed by atoms with E-state index in [1.807, 2.05) is 42.5 Å². The van der Waals surface area contributed by atoms with Gasteiger partial charge in [0.25, 0.3) is 0 Å². The van der Waals surface area contributed by atoms with E-state index >= 15 is 0 Å². The summed E-state index contributed by atoms with van der Waals surface area (Å²) < 4.78 is 25.9. The second-order valence-electron chi connectivity index (χ2n) is 8.16. The van der Waals surface area contributed by atoms with Crippen molar-refractivity contribution in [1.82, 2.24) is 14.3 Å². The van der Waals surface area contributed by atoms with Gasteiger partial charge in [-0.05, 0) is 35.9 Å². The van der Waals surface area contributed by atoms with E-state index in [-0.39, 0.29) is 27.8 Å². The number of nitrogens with two attached hydrogens (primary N) is 2. The van der Waals surface area contributed by atoms with E-state index in [9.17, 15) is 18.3 Å². The molecule has 0 aliphatic rings. The van der Waals surface area contributed by atoms with Crippen LogP contribution in [0.2, 0.25) is 0 Å². The maximum atomic E-state index is 12.8. The second-order valence-corrected chi connectivity index (χ2v) is 9.72. The Bertz CT molecular complexity index is 1760. The summed E-state index contributed by atoms with van der Waals surface area (Å²) in [5.74, 6) is -0.896. The number of azo groups is 1. The third-order valence-corrected chi connectivity index (χ3v) is 6.72. The number of hydrogen-bond acceptors (Lipinski definition) is 7. The quantitative estimate of drug-likeness (QED) is 0.291. The van der Waals surface area contributed by atoms with Gasteiger partial charge in [-0.15, -0.1) is 10.2 Å². The molecule has 0 bridgehead atoms. The number of hydrogen-bond donors (Lipinski definition) is 3. The third-order valence-electron chi connectivity index (χ3n) is 5.79. The number of fused-ring (bicyclic) bond motifs is 1. The minimum atomic E-state index is -3.85.